The number of alkyl halides is 3. The smallest absolute Gasteiger partial charge is 0.472 e. The summed E-state index contributed by atoms with van der Waals surface area (Å²) in [5.74, 6) is 0.754. The van der Waals surface area contributed by atoms with E-state index in [1.165, 1.54) is 37.8 Å². The van der Waals surface area contributed by atoms with Gasteiger partial charge < -0.3 is 19.2 Å². The minimum atomic E-state index is -5.70. The number of halogens is 4. The molecule has 2 N–H and O–H groups in total. The standard InChI is InChI=1S/C26H27BrF3N5O4S/c1-5-8-20-32-24(34(3)4)23(25(36)31-2)35(20)13-17-15-11-12-39-14-18(15)22(27)21(17)16-9-6-7-10-19(16)33-40(37,38)26(28,29)30/h6-7,9-12,14,33H,5,8,13H2,1-4H3,(H,31,36). The maximum absolute atomic E-state index is 13.3. The lowest BCUT2D eigenvalue weighted by Crippen LogP contribution is -2.30. The molecule has 1 amide bonds. The lowest BCUT2D eigenvalue weighted by molar-refractivity contribution is -0.0429. The predicted octanol–water partition coefficient (Wildman–Crippen LogP) is 5.70. The average Bonchev–Trinajstić information content (AvgIpc) is 3.39. The first-order valence-electron chi connectivity index (χ1n) is 12.2. The number of anilines is 2. The number of rotatable bonds is 9. The molecule has 2 aliphatic rings. The van der Waals surface area contributed by atoms with Crippen LogP contribution in [0.2, 0.25) is 0 Å². The number of imidazole rings is 1. The molecule has 40 heavy (non-hydrogen) atoms. The van der Waals surface area contributed by atoms with Gasteiger partial charge >= 0.3 is 15.5 Å². The van der Waals surface area contributed by atoms with Crippen LogP contribution in [0.3, 0.4) is 0 Å². The van der Waals surface area contributed by atoms with Crippen molar-refractivity contribution in [3.05, 3.63) is 64.4 Å². The van der Waals surface area contributed by atoms with Crippen LogP contribution in [0, 0.1) is 0 Å². The zero-order valence-corrected chi connectivity index (χ0v) is 24.5. The molecular weight excluding hydrogens is 615 g/mol. The van der Waals surface area contributed by atoms with Gasteiger partial charge in [0.05, 0.1) is 24.8 Å². The quantitative estimate of drug-likeness (QED) is 0.243. The molecule has 2 heterocycles. The van der Waals surface area contributed by atoms with E-state index in [0.29, 0.717) is 50.5 Å². The van der Waals surface area contributed by atoms with E-state index in [9.17, 15) is 26.4 Å². The molecule has 0 atom stereocenters. The second kappa shape index (κ2) is 11.2. The summed E-state index contributed by atoms with van der Waals surface area (Å²) in [5.41, 5.74) is -2.84. The Morgan fingerprint density at radius 1 is 1.15 bits per heavy atom. The molecule has 0 fully saturated rings. The highest BCUT2D eigenvalue weighted by Crippen LogP contribution is 2.48. The van der Waals surface area contributed by atoms with Crippen LogP contribution < -0.4 is 14.9 Å². The molecular formula is C26H27BrF3N5O4S. The van der Waals surface area contributed by atoms with E-state index in [0.717, 1.165) is 6.42 Å². The topological polar surface area (TPSA) is 109 Å². The number of hydrogen-bond donors (Lipinski definition) is 2. The zero-order valence-electron chi connectivity index (χ0n) is 22.1. The van der Waals surface area contributed by atoms with Gasteiger partial charge in [-0.25, -0.2) is 4.98 Å². The maximum Gasteiger partial charge on any atom is 0.516 e. The molecule has 214 valence electrons. The van der Waals surface area contributed by atoms with Gasteiger partial charge in [0, 0.05) is 48.7 Å². The normalized spacial score (nSPS) is 12.1. The van der Waals surface area contributed by atoms with Gasteiger partial charge in [-0.1, -0.05) is 25.1 Å². The number of aryl methyl sites for hydroxylation is 1. The van der Waals surface area contributed by atoms with Gasteiger partial charge in [-0.05, 0) is 45.6 Å². The highest BCUT2D eigenvalue weighted by atomic mass is 79.9. The maximum atomic E-state index is 13.3. The first-order valence-corrected chi connectivity index (χ1v) is 14.4. The minimum Gasteiger partial charge on any atom is -0.472 e. The fourth-order valence-corrected chi connectivity index (χ4v) is 5.87. The van der Waals surface area contributed by atoms with Crippen molar-refractivity contribution in [3.8, 4) is 22.3 Å². The van der Waals surface area contributed by atoms with E-state index < -0.39 is 15.5 Å². The molecule has 0 radical (unpaired) electrons. The summed E-state index contributed by atoms with van der Waals surface area (Å²) in [6.07, 6.45) is 4.26. The SMILES string of the molecule is CCCc1nc(N(C)C)c(C(=O)NC)n1Cc1c2ccocc-2c(Br)c1-c1ccccc1NS(=O)(=O)C(F)(F)F. The van der Waals surface area contributed by atoms with E-state index in [4.69, 9.17) is 9.40 Å². The van der Waals surface area contributed by atoms with Gasteiger partial charge in [0.1, 0.15) is 5.82 Å². The zero-order chi connectivity index (χ0) is 29.4. The Hall–Kier alpha value is -3.52. The first-order chi connectivity index (χ1) is 18.8. The molecule has 0 saturated heterocycles. The van der Waals surface area contributed by atoms with E-state index in [1.807, 2.05) is 6.92 Å². The van der Waals surface area contributed by atoms with Gasteiger partial charge in [0.25, 0.3) is 5.91 Å². The van der Waals surface area contributed by atoms with Crippen LogP contribution in [0.4, 0.5) is 24.7 Å². The third kappa shape index (κ3) is 5.29. The summed E-state index contributed by atoms with van der Waals surface area (Å²) in [6.45, 7) is 2.10. The van der Waals surface area contributed by atoms with Crippen LogP contribution in [0.1, 0.15) is 35.2 Å². The molecule has 1 aliphatic carbocycles. The number of carbonyl (C=O) groups excluding carboxylic acids is 1. The number of hydrogen-bond acceptors (Lipinski definition) is 6. The second-order valence-electron chi connectivity index (χ2n) is 9.16. The van der Waals surface area contributed by atoms with Crippen molar-refractivity contribution in [2.45, 2.75) is 31.8 Å². The van der Waals surface area contributed by atoms with Crippen LogP contribution in [-0.4, -0.2) is 50.5 Å². The van der Waals surface area contributed by atoms with Gasteiger partial charge in [-0.2, -0.15) is 21.6 Å². The minimum absolute atomic E-state index is 0.112. The Labute approximate surface area is 237 Å². The lowest BCUT2D eigenvalue weighted by Gasteiger charge is -2.18. The molecule has 1 aromatic carbocycles. The van der Waals surface area contributed by atoms with Gasteiger partial charge in [0.2, 0.25) is 0 Å². The molecule has 0 bridgehead atoms. The summed E-state index contributed by atoms with van der Waals surface area (Å²) in [5, 5.41) is 2.66. The van der Waals surface area contributed by atoms with Crippen LogP contribution in [0.25, 0.3) is 22.3 Å². The van der Waals surface area contributed by atoms with E-state index in [2.05, 4.69) is 21.2 Å². The number of para-hydroxylation sites is 1. The van der Waals surface area contributed by atoms with Crippen LogP contribution in [0.5, 0.6) is 0 Å². The van der Waals surface area contributed by atoms with Crippen molar-refractivity contribution < 1.29 is 30.8 Å². The molecule has 9 nitrogen and oxygen atoms in total. The molecule has 2 aromatic rings. The number of nitrogens with one attached hydrogen (secondary N) is 2. The largest absolute Gasteiger partial charge is 0.516 e. The number of benzene rings is 1. The Morgan fingerprint density at radius 2 is 1.85 bits per heavy atom. The summed E-state index contributed by atoms with van der Waals surface area (Å²) in [7, 11) is -0.624. The highest BCUT2D eigenvalue weighted by Gasteiger charge is 2.46. The van der Waals surface area contributed by atoms with Crippen molar-refractivity contribution >= 4 is 43.4 Å². The Morgan fingerprint density at radius 3 is 2.48 bits per heavy atom. The number of sulfonamides is 1. The number of nitrogens with zero attached hydrogens (tertiary/aromatic N) is 3. The molecule has 1 aliphatic heterocycles. The number of aromatic nitrogens is 2. The monoisotopic (exact) mass is 641 g/mol. The highest BCUT2D eigenvalue weighted by molar-refractivity contribution is 9.10. The van der Waals surface area contributed by atoms with Gasteiger partial charge in [0.15, 0.2) is 11.5 Å². The average molecular weight is 642 g/mol. The Kier molecular flexibility index (Phi) is 8.22. The van der Waals surface area contributed by atoms with Gasteiger partial charge in [-0.3, -0.25) is 9.52 Å². The van der Waals surface area contributed by atoms with Gasteiger partial charge in [-0.15, -0.1) is 0 Å². The van der Waals surface area contributed by atoms with Crippen molar-refractivity contribution in [2.24, 2.45) is 0 Å². The van der Waals surface area contributed by atoms with Crippen LogP contribution >= 0.6 is 15.9 Å². The molecule has 0 spiro atoms. The third-order valence-electron chi connectivity index (χ3n) is 6.30. The molecule has 1 aromatic heterocycles. The summed E-state index contributed by atoms with van der Waals surface area (Å²) >= 11 is 3.57. The Bertz CT molecular complexity index is 1630. The van der Waals surface area contributed by atoms with Crippen LogP contribution in [0.15, 0.2) is 51.7 Å². The third-order valence-corrected chi connectivity index (χ3v) is 8.22. The van der Waals surface area contributed by atoms with Crippen molar-refractivity contribution in [3.63, 3.8) is 0 Å². The van der Waals surface area contributed by atoms with Crippen molar-refractivity contribution in [1.29, 1.82) is 0 Å². The van der Waals surface area contributed by atoms with Crippen LogP contribution in [-0.2, 0) is 23.0 Å². The number of fused-ring (bicyclic) bond motifs is 1. The van der Waals surface area contributed by atoms with E-state index in [-0.39, 0.29) is 23.7 Å². The Balaban J connectivity index is 2.00. The first kappa shape index (κ1) is 29.5. The second-order valence-corrected chi connectivity index (χ2v) is 11.6. The summed E-state index contributed by atoms with van der Waals surface area (Å²) in [6, 6.07) is 7.53. The lowest BCUT2D eigenvalue weighted by atomic mass is 10.0. The fourth-order valence-electron chi connectivity index (χ4n) is 4.52. The fraction of sp³-hybridized carbons (Fsp3) is 0.308. The summed E-state index contributed by atoms with van der Waals surface area (Å²) in [4.78, 5) is 19.6. The molecule has 0 unspecified atom stereocenters. The number of carbonyl (C=O) groups is 1. The number of amides is 1. The predicted molar refractivity (Wildman–Crippen MR) is 150 cm³/mol. The molecule has 0 saturated carbocycles. The molecule has 4 rings (SSSR count). The van der Waals surface area contributed by atoms with Crippen molar-refractivity contribution in [2.75, 3.05) is 30.8 Å². The van der Waals surface area contributed by atoms with E-state index >= 15 is 0 Å². The molecule has 14 heteroatoms. The van der Waals surface area contributed by atoms with E-state index in [1.54, 1.807) is 40.4 Å². The van der Waals surface area contributed by atoms with Crippen molar-refractivity contribution in [1.82, 2.24) is 14.9 Å². The summed E-state index contributed by atoms with van der Waals surface area (Å²) < 4.78 is 73.3.